The first kappa shape index (κ1) is 17.9. The molecule has 0 spiro atoms. The molecule has 5 nitrogen and oxygen atoms in total. The Hall–Kier alpha value is -2.14. The highest BCUT2D eigenvalue weighted by atomic mass is 16.3. The summed E-state index contributed by atoms with van der Waals surface area (Å²) in [5, 5.41) is 11.7. The van der Waals surface area contributed by atoms with E-state index in [1.807, 2.05) is 24.3 Å². The van der Waals surface area contributed by atoms with E-state index in [0.29, 0.717) is 18.4 Å². The first-order valence-electron chi connectivity index (χ1n) is 7.32. The monoisotopic (exact) mass is 304 g/mol. The third-order valence-corrected chi connectivity index (χ3v) is 3.13. The Kier molecular flexibility index (Phi) is 7.32. The standard InChI is InChI=1S/C17H24N2O3/c1-13(12-20)18-17(22)15-9-6-8-14(11-15)7-4-5-10-16(21)19(2)3/h4,6-9,11,13,20H,5,10,12H2,1-3H3,(H,18,22). The molecule has 1 aromatic carbocycles. The Morgan fingerprint density at radius 2 is 2.09 bits per heavy atom. The van der Waals surface area contributed by atoms with E-state index >= 15 is 0 Å². The van der Waals surface area contributed by atoms with Crippen LogP contribution in [0.25, 0.3) is 6.08 Å². The third kappa shape index (κ3) is 6.10. The van der Waals surface area contributed by atoms with Crippen molar-refractivity contribution in [2.24, 2.45) is 0 Å². The zero-order valence-corrected chi connectivity index (χ0v) is 13.4. The highest BCUT2D eigenvalue weighted by molar-refractivity contribution is 5.94. The normalized spacial score (nSPS) is 12.2. The van der Waals surface area contributed by atoms with Gasteiger partial charge in [0.2, 0.25) is 5.91 Å². The SMILES string of the molecule is CC(CO)NC(=O)c1cccc(C=CCCC(=O)N(C)C)c1. The van der Waals surface area contributed by atoms with E-state index in [1.54, 1.807) is 38.1 Å². The van der Waals surface area contributed by atoms with Gasteiger partial charge in [-0.3, -0.25) is 9.59 Å². The van der Waals surface area contributed by atoms with E-state index in [1.165, 1.54) is 0 Å². The fourth-order valence-electron chi connectivity index (χ4n) is 1.79. The van der Waals surface area contributed by atoms with Gasteiger partial charge in [-0.25, -0.2) is 0 Å². The molecule has 0 aliphatic rings. The van der Waals surface area contributed by atoms with Gasteiger partial charge in [-0.1, -0.05) is 24.3 Å². The number of benzene rings is 1. The third-order valence-electron chi connectivity index (χ3n) is 3.13. The predicted molar refractivity (Wildman–Crippen MR) is 87.4 cm³/mol. The maximum absolute atomic E-state index is 12.0. The smallest absolute Gasteiger partial charge is 0.251 e. The summed E-state index contributed by atoms with van der Waals surface area (Å²) in [4.78, 5) is 25.0. The van der Waals surface area contributed by atoms with E-state index in [2.05, 4.69) is 5.32 Å². The predicted octanol–water partition coefficient (Wildman–Crippen LogP) is 1.68. The Bertz CT molecular complexity index is 538. The number of carbonyl (C=O) groups excluding carboxylic acids is 2. The summed E-state index contributed by atoms with van der Waals surface area (Å²) in [5.74, 6) is -0.115. The lowest BCUT2D eigenvalue weighted by Gasteiger charge is -2.11. The van der Waals surface area contributed by atoms with Gasteiger partial charge in [0.05, 0.1) is 6.61 Å². The van der Waals surface area contributed by atoms with Gasteiger partial charge in [0, 0.05) is 32.1 Å². The van der Waals surface area contributed by atoms with Crippen LogP contribution < -0.4 is 5.32 Å². The van der Waals surface area contributed by atoms with Gasteiger partial charge in [-0.05, 0) is 31.0 Å². The van der Waals surface area contributed by atoms with E-state index in [-0.39, 0.29) is 24.5 Å². The Morgan fingerprint density at radius 1 is 1.36 bits per heavy atom. The quantitative estimate of drug-likeness (QED) is 0.805. The molecule has 2 N–H and O–H groups in total. The van der Waals surface area contributed by atoms with Gasteiger partial charge >= 0.3 is 0 Å². The average molecular weight is 304 g/mol. The van der Waals surface area contributed by atoms with Crippen LogP contribution in [-0.4, -0.2) is 48.6 Å². The molecular weight excluding hydrogens is 280 g/mol. The van der Waals surface area contributed by atoms with Crippen LogP contribution >= 0.6 is 0 Å². The molecule has 1 aromatic rings. The Balaban J connectivity index is 2.60. The second kappa shape index (κ2) is 9.00. The lowest BCUT2D eigenvalue weighted by atomic mass is 10.1. The van der Waals surface area contributed by atoms with Gasteiger partial charge in [-0.2, -0.15) is 0 Å². The number of aliphatic hydroxyl groups excluding tert-OH is 1. The summed E-state index contributed by atoms with van der Waals surface area (Å²) >= 11 is 0. The second-order valence-electron chi connectivity index (χ2n) is 5.41. The van der Waals surface area contributed by atoms with Crippen molar-refractivity contribution in [2.45, 2.75) is 25.8 Å². The minimum atomic E-state index is -0.274. The first-order chi connectivity index (χ1) is 10.4. The molecule has 0 radical (unpaired) electrons. The minimum Gasteiger partial charge on any atom is -0.394 e. The molecule has 1 atom stereocenters. The van der Waals surface area contributed by atoms with Gasteiger partial charge in [0.15, 0.2) is 0 Å². The van der Waals surface area contributed by atoms with Crippen LogP contribution in [0.2, 0.25) is 0 Å². The molecule has 2 amide bonds. The van der Waals surface area contributed by atoms with Crippen LogP contribution in [-0.2, 0) is 4.79 Å². The molecule has 1 unspecified atom stereocenters. The highest BCUT2D eigenvalue weighted by Crippen LogP contribution is 2.09. The van der Waals surface area contributed by atoms with Crippen LogP contribution in [0.5, 0.6) is 0 Å². The number of aliphatic hydroxyl groups is 1. The lowest BCUT2D eigenvalue weighted by molar-refractivity contribution is -0.128. The van der Waals surface area contributed by atoms with E-state index < -0.39 is 0 Å². The number of carbonyl (C=O) groups is 2. The second-order valence-corrected chi connectivity index (χ2v) is 5.41. The molecular formula is C17H24N2O3. The van der Waals surface area contributed by atoms with Gasteiger partial charge < -0.3 is 15.3 Å². The fraction of sp³-hybridized carbons (Fsp3) is 0.412. The maximum Gasteiger partial charge on any atom is 0.251 e. The van der Waals surface area contributed by atoms with Crippen molar-refractivity contribution in [3.8, 4) is 0 Å². The molecule has 0 aromatic heterocycles. The summed E-state index contributed by atoms with van der Waals surface area (Å²) in [6.07, 6.45) is 4.95. The summed E-state index contributed by atoms with van der Waals surface area (Å²) in [7, 11) is 3.48. The number of allylic oxidation sites excluding steroid dienone is 1. The largest absolute Gasteiger partial charge is 0.394 e. The van der Waals surface area contributed by atoms with Gasteiger partial charge in [-0.15, -0.1) is 0 Å². The Labute approximate surface area is 131 Å². The molecule has 5 heteroatoms. The van der Waals surface area contributed by atoms with Crippen molar-refractivity contribution >= 4 is 17.9 Å². The van der Waals surface area contributed by atoms with Crippen LogP contribution in [0.4, 0.5) is 0 Å². The van der Waals surface area contributed by atoms with Crippen molar-refractivity contribution < 1.29 is 14.7 Å². The number of hydrogen-bond donors (Lipinski definition) is 2. The van der Waals surface area contributed by atoms with Crippen LogP contribution in [0.1, 0.15) is 35.7 Å². The molecule has 0 aliphatic heterocycles. The topological polar surface area (TPSA) is 69.6 Å². The molecule has 0 bridgehead atoms. The molecule has 0 aliphatic carbocycles. The summed E-state index contributed by atoms with van der Waals surface area (Å²) in [6.45, 7) is 1.65. The van der Waals surface area contributed by atoms with Gasteiger partial charge in [0.1, 0.15) is 0 Å². The average Bonchev–Trinajstić information content (AvgIpc) is 2.51. The van der Waals surface area contributed by atoms with Crippen LogP contribution in [0, 0.1) is 0 Å². The number of amides is 2. The van der Waals surface area contributed by atoms with Crippen molar-refractivity contribution in [2.75, 3.05) is 20.7 Å². The summed E-state index contributed by atoms with van der Waals surface area (Å²) in [6, 6.07) is 6.94. The summed E-state index contributed by atoms with van der Waals surface area (Å²) in [5.41, 5.74) is 1.45. The molecule has 0 heterocycles. The highest BCUT2D eigenvalue weighted by Gasteiger charge is 2.08. The number of nitrogens with one attached hydrogen (secondary N) is 1. The molecule has 120 valence electrons. The molecule has 0 saturated carbocycles. The van der Waals surface area contributed by atoms with Crippen molar-refractivity contribution in [1.82, 2.24) is 10.2 Å². The van der Waals surface area contributed by atoms with E-state index in [9.17, 15) is 9.59 Å². The zero-order valence-electron chi connectivity index (χ0n) is 13.4. The lowest BCUT2D eigenvalue weighted by Crippen LogP contribution is -2.34. The van der Waals surface area contributed by atoms with Crippen molar-refractivity contribution in [3.63, 3.8) is 0 Å². The van der Waals surface area contributed by atoms with Crippen LogP contribution in [0.3, 0.4) is 0 Å². The number of hydrogen-bond acceptors (Lipinski definition) is 3. The first-order valence-corrected chi connectivity index (χ1v) is 7.32. The fourth-order valence-corrected chi connectivity index (χ4v) is 1.79. The maximum atomic E-state index is 12.0. The van der Waals surface area contributed by atoms with E-state index in [4.69, 9.17) is 5.11 Å². The Morgan fingerprint density at radius 3 is 2.73 bits per heavy atom. The summed E-state index contributed by atoms with van der Waals surface area (Å²) < 4.78 is 0. The molecule has 0 fully saturated rings. The van der Waals surface area contributed by atoms with Crippen molar-refractivity contribution in [3.05, 3.63) is 41.5 Å². The molecule has 1 rings (SSSR count). The van der Waals surface area contributed by atoms with Crippen molar-refractivity contribution in [1.29, 1.82) is 0 Å². The van der Waals surface area contributed by atoms with Crippen LogP contribution in [0.15, 0.2) is 30.3 Å². The molecule has 22 heavy (non-hydrogen) atoms. The van der Waals surface area contributed by atoms with Gasteiger partial charge in [0.25, 0.3) is 5.91 Å². The number of nitrogens with zero attached hydrogens (tertiary/aromatic N) is 1. The zero-order chi connectivity index (χ0) is 16.5. The minimum absolute atomic E-state index is 0.0920. The molecule has 0 saturated heterocycles. The number of rotatable bonds is 7. The van der Waals surface area contributed by atoms with E-state index in [0.717, 1.165) is 5.56 Å².